The lowest BCUT2D eigenvalue weighted by atomic mass is 10.2. The van der Waals surface area contributed by atoms with Crippen LogP contribution in [-0.4, -0.2) is 44.3 Å². The minimum absolute atomic E-state index is 0.207. The Morgan fingerprint density at radius 2 is 1.87 bits per heavy atom. The summed E-state index contributed by atoms with van der Waals surface area (Å²) in [5.41, 5.74) is 2.06. The van der Waals surface area contributed by atoms with Crippen molar-refractivity contribution < 1.29 is 9.32 Å². The molecule has 0 saturated heterocycles. The highest BCUT2D eigenvalue weighted by atomic mass is 16.5. The number of amides is 1. The van der Waals surface area contributed by atoms with Crippen LogP contribution >= 0.6 is 0 Å². The van der Waals surface area contributed by atoms with Crippen molar-refractivity contribution in [2.45, 2.75) is 6.92 Å². The molecule has 0 aliphatic rings. The third-order valence-electron chi connectivity index (χ3n) is 4.24. The maximum absolute atomic E-state index is 12.2. The Labute approximate surface area is 178 Å². The molecular weight excluding hydrogens is 396 g/mol. The van der Waals surface area contributed by atoms with E-state index in [1.165, 1.54) is 0 Å². The average Bonchev–Trinajstić information content (AvgIpc) is 3.29. The standard InChI is InChI=1S/C21H20N8O2/c1-14-6-8-23-20(11-14)26-19-5-4-18(27-28-19)24-9-10-25-21(30)16-12-17(31-29-16)15-3-2-7-22-13-15/h2-8,11-13H,9-10H2,1H3,(H,24,27)(H,25,30)(H,23,26,28). The minimum atomic E-state index is -0.322. The molecule has 156 valence electrons. The molecule has 0 atom stereocenters. The summed E-state index contributed by atoms with van der Waals surface area (Å²) in [5, 5.41) is 21.0. The largest absolute Gasteiger partial charge is 0.367 e. The smallest absolute Gasteiger partial charge is 0.273 e. The maximum Gasteiger partial charge on any atom is 0.273 e. The molecule has 4 aromatic heterocycles. The molecule has 31 heavy (non-hydrogen) atoms. The number of carbonyl (C=O) groups is 1. The highest BCUT2D eigenvalue weighted by Crippen LogP contribution is 2.18. The normalized spacial score (nSPS) is 10.5. The number of anilines is 3. The van der Waals surface area contributed by atoms with Gasteiger partial charge >= 0.3 is 0 Å². The van der Waals surface area contributed by atoms with E-state index in [0.717, 1.165) is 11.1 Å². The molecule has 0 saturated carbocycles. The minimum Gasteiger partial charge on any atom is -0.367 e. The number of hydrogen-bond acceptors (Lipinski definition) is 9. The van der Waals surface area contributed by atoms with Gasteiger partial charge in [0, 0.05) is 43.3 Å². The van der Waals surface area contributed by atoms with E-state index in [4.69, 9.17) is 4.52 Å². The molecule has 1 amide bonds. The summed E-state index contributed by atoms with van der Waals surface area (Å²) >= 11 is 0. The van der Waals surface area contributed by atoms with Crippen LogP contribution in [0.15, 0.2) is 65.6 Å². The van der Waals surface area contributed by atoms with E-state index in [0.29, 0.717) is 36.3 Å². The van der Waals surface area contributed by atoms with Crippen molar-refractivity contribution in [1.29, 1.82) is 0 Å². The molecule has 0 unspecified atom stereocenters. The predicted molar refractivity (Wildman–Crippen MR) is 115 cm³/mol. The van der Waals surface area contributed by atoms with Crippen LogP contribution in [0.3, 0.4) is 0 Å². The molecule has 0 fully saturated rings. The van der Waals surface area contributed by atoms with Gasteiger partial charge in [-0.25, -0.2) is 4.98 Å². The second-order valence-corrected chi connectivity index (χ2v) is 6.65. The quantitative estimate of drug-likeness (QED) is 0.371. The van der Waals surface area contributed by atoms with E-state index >= 15 is 0 Å². The van der Waals surface area contributed by atoms with Crippen molar-refractivity contribution in [2.75, 3.05) is 23.7 Å². The SMILES string of the molecule is Cc1ccnc(Nc2ccc(NCCNC(=O)c3cc(-c4cccnc4)on3)nn2)c1. The van der Waals surface area contributed by atoms with Crippen molar-refractivity contribution in [1.82, 2.24) is 30.6 Å². The van der Waals surface area contributed by atoms with E-state index in [1.54, 1.807) is 42.9 Å². The van der Waals surface area contributed by atoms with Gasteiger partial charge in [-0.2, -0.15) is 0 Å². The summed E-state index contributed by atoms with van der Waals surface area (Å²) in [6, 6.07) is 12.6. The van der Waals surface area contributed by atoms with Crippen LogP contribution in [0.5, 0.6) is 0 Å². The molecule has 10 nitrogen and oxygen atoms in total. The van der Waals surface area contributed by atoms with Gasteiger partial charge < -0.3 is 20.5 Å². The molecule has 0 aliphatic carbocycles. The zero-order chi connectivity index (χ0) is 21.5. The van der Waals surface area contributed by atoms with Crippen molar-refractivity contribution in [3.05, 3.63) is 72.3 Å². The molecule has 0 spiro atoms. The molecule has 0 aromatic carbocycles. The van der Waals surface area contributed by atoms with Crippen molar-refractivity contribution >= 4 is 23.4 Å². The molecule has 4 rings (SSSR count). The fourth-order valence-corrected chi connectivity index (χ4v) is 2.71. The van der Waals surface area contributed by atoms with Crippen LogP contribution in [0.1, 0.15) is 16.1 Å². The van der Waals surface area contributed by atoms with E-state index in [9.17, 15) is 4.79 Å². The lowest BCUT2D eigenvalue weighted by molar-refractivity contribution is 0.0946. The summed E-state index contributed by atoms with van der Waals surface area (Å²) in [7, 11) is 0. The Bertz CT molecular complexity index is 1150. The Kier molecular flexibility index (Phi) is 6.08. The van der Waals surface area contributed by atoms with E-state index in [2.05, 4.69) is 41.3 Å². The van der Waals surface area contributed by atoms with Crippen molar-refractivity contribution in [3.63, 3.8) is 0 Å². The molecule has 10 heteroatoms. The maximum atomic E-state index is 12.2. The second-order valence-electron chi connectivity index (χ2n) is 6.65. The van der Waals surface area contributed by atoms with Crippen LogP contribution in [0.4, 0.5) is 17.5 Å². The highest BCUT2D eigenvalue weighted by Gasteiger charge is 2.13. The topological polar surface area (TPSA) is 131 Å². The molecular formula is C21H20N8O2. The fourth-order valence-electron chi connectivity index (χ4n) is 2.71. The van der Waals surface area contributed by atoms with Crippen LogP contribution in [0.2, 0.25) is 0 Å². The molecule has 3 N–H and O–H groups in total. The van der Waals surface area contributed by atoms with Crippen LogP contribution in [0.25, 0.3) is 11.3 Å². The Hall–Kier alpha value is -4.34. The van der Waals surface area contributed by atoms with Gasteiger partial charge in [0.1, 0.15) is 11.6 Å². The summed E-state index contributed by atoms with van der Waals surface area (Å²) in [6.45, 7) is 2.84. The fraction of sp³-hybridized carbons (Fsp3) is 0.143. The summed E-state index contributed by atoms with van der Waals surface area (Å²) in [5.74, 6) is 2.06. The first-order valence-corrected chi connectivity index (χ1v) is 9.60. The lowest BCUT2D eigenvalue weighted by Gasteiger charge is -2.07. The number of aryl methyl sites for hydroxylation is 1. The molecule has 0 radical (unpaired) electrons. The second kappa shape index (κ2) is 9.44. The third kappa shape index (κ3) is 5.38. The van der Waals surface area contributed by atoms with Gasteiger partial charge in [0.05, 0.1) is 0 Å². The molecule has 0 aliphatic heterocycles. The number of hydrogen-bond donors (Lipinski definition) is 3. The molecule has 4 aromatic rings. The summed E-state index contributed by atoms with van der Waals surface area (Å²) in [4.78, 5) is 20.5. The van der Waals surface area contributed by atoms with E-state index < -0.39 is 0 Å². The van der Waals surface area contributed by atoms with Gasteiger partial charge in [0.25, 0.3) is 5.91 Å². The molecule has 4 heterocycles. The summed E-state index contributed by atoms with van der Waals surface area (Å²) < 4.78 is 5.21. The lowest BCUT2D eigenvalue weighted by Crippen LogP contribution is -2.29. The van der Waals surface area contributed by atoms with Crippen LogP contribution in [-0.2, 0) is 0 Å². The Balaban J connectivity index is 1.22. The monoisotopic (exact) mass is 416 g/mol. The third-order valence-corrected chi connectivity index (χ3v) is 4.24. The first-order chi connectivity index (χ1) is 15.2. The van der Waals surface area contributed by atoms with Crippen LogP contribution in [0, 0.1) is 6.92 Å². The van der Waals surface area contributed by atoms with Gasteiger partial charge in [-0.15, -0.1) is 10.2 Å². The number of pyridine rings is 2. The number of rotatable bonds is 8. The van der Waals surface area contributed by atoms with Gasteiger partial charge in [-0.1, -0.05) is 5.16 Å². The predicted octanol–water partition coefficient (Wildman–Crippen LogP) is 2.82. The van der Waals surface area contributed by atoms with Gasteiger partial charge in [0.15, 0.2) is 17.3 Å². The van der Waals surface area contributed by atoms with Crippen LogP contribution < -0.4 is 16.0 Å². The zero-order valence-electron chi connectivity index (χ0n) is 16.7. The number of nitrogens with one attached hydrogen (secondary N) is 3. The van der Waals surface area contributed by atoms with Gasteiger partial charge in [-0.05, 0) is 48.9 Å². The number of carbonyl (C=O) groups excluding carboxylic acids is 1. The first kappa shape index (κ1) is 20.0. The highest BCUT2D eigenvalue weighted by molar-refractivity contribution is 5.93. The first-order valence-electron chi connectivity index (χ1n) is 9.60. The van der Waals surface area contributed by atoms with Crippen molar-refractivity contribution in [3.8, 4) is 11.3 Å². The van der Waals surface area contributed by atoms with E-state index in [1.807, 2.05) is 25.1 Å². The average molecular weight is 416 g/mol. The number of nitrogens with zero attached hydrogens (tertiary/aromatic N) is 5. The zero-order valence-corrected chi connectivity index (χ0v) is 16.7. The summed E-state index contributed by atoms with van der Waals surface area (Å²) in [6.07, 6.45) is 5.04. The molecule has 0 bridgehead atoms. The van der Waals surface area contributed by atoms with Crippen molar-refractivity contribution in [2.24, 2.45) is 0 Å². The Morgan fingerprint density at radius 3 is 2.65 bits per heavy atom. The van der Waals surface area contributed by atoms with Gasteiger partial charge in [0.2, 0.25) is 0 Å². The van der Waals surface area contributed by atoms with Gasteiger partial charge in [-0.3, -0.25) is 9.78 Å². The Morgan fingerprint density at radius 1 is 1.00 bits per heavy atom. The number of aromatic nitrogens is 5. The van der Waals surface area contributed by atoms with E-state index in [-0.39, 0.29) is 11.6 Å².